The molecule has 0 heterocycles. The van der Waals surface area contributed by atoms with Crippen LogP contribution in [-0.2, 0) is 15.8 Å². The summed E-state index contributed by atoms with van der Waals surface area (Å²) in [7, 11) is 0. The average molecular weight is 394 g/mol. The van der Waals surface area contributed by atoms with Gasteiger partial charge in [0, 0.05) is 11.4 Å². The Balaban J connectivity index is 2.08. The topological polar surface area (TPSA) is 67.4 Å². The van der Waals surface area contributed by atoms with Crippen molar-refractivity contribution in [3.63, 3.8) is 0 Å². The Morgan fingerprint density at radius 1 is 0.929 bits per heavy atom. The molecule has 0 bridgehead atoms. The number of anilines is 2. The number of hydrogen-bond acceptors (Lipinski definition) is 3. The second-order valence-corrected chi connectivity index (χ2v) is 6.57. The van der Waals surface area contributed by atoms with Crippen LogP contribution in [0.15, 0.2) is 48.5 Å². The lowest BCUT2D eigenvalue weighted by Gasteiger charge is -2.23. The molecule has 0 atom stereocenters. The van der Waals surface area contributed by atoms with Gasteiger partial charge in [-0.2, -0.15) is 13.2 Å². The molecule has 150 valence electrons. The van der Waals surface area contributed by atoms with E-state index in [1.54, 1.807) is 24.3 Å². The van der Waals surface area contributed by atoms with Gasteiger partial charge in [-0.25, -0.2) is 0 Å². The Hall–Kier alpha value is -3.03. The summed E-state index contributed by atoms with van der Waals surface area (Å²) in [6.45, 7) is 5.13. The number of amides is 2. The maximum atomic E-state index is 12.8. The number of nitrogens with one attached hydrogen (secondary N) is 2. The standard InChI is InChI=1S/C20H21F3N2O3/c1-4-28-16-10-8-14(9-11-16)24-17(26)19(2,3)18(27)25-15-7-5-6-13(12-15)20(21,22)23/h5-12H,4H2,1-3H3,(H,24,26)(H,25,27). The van der Waals surface area contributed by atoms with Gasteiger partial charge in [0.15, 0.2) is 0 Å². The zero-order valence-electron chi connectivity index (χ0n) is 15.7. The molecule has 2 amide bonds. The predicted octanol–water partition coefficient (Wildman–Crippen LogP) is 4.71. The molecule has 28 heavy (non-hydrogen) atoms. The number of alkyl halides is 3. The Bertz CT molecular complexity index is 847. The molecule has 0 aliphatic carbocycles. The Morgan fingerprint density at radius 3 is 2.04 bits per heavy atom. The van der Waals surface area contributed by atoms with Crippen LogP contribution in [0.2, 0.25) is 0 Å². The normalized spacial score (nSPS) is 11.6. The summed E-state index contributed by atoms with van der Waals surface area (Å²) >= 11 is 0. The van der Waals surface area contributed by atoms with E-state index >= 15 is 0 Å². The minimum Gasteiger partial charge on any atom is -0.494 e. The Kier molecular flexibility index (Phi) is 6.33. The van der Waals surface area contributed by atoms with Gasteiger partial charge in [-0.05, 0) is 63.2 Å². The van der Waals surface area contributed by atoms with Crippen molar-refractivity contribution >= 4 is 23.2 Å². The molecule has 2 aromatic carbocycles. The van der Waals surface area contributed by atoms with Gasteiger partial charge in [0.05, 0.1) is 12.2 Å². The summed E-state index contributed by atoms with van der Waals surface area (Å²) in [5.74, 6) is -0.682. The van der Waals surface area contributed by atoms with Crippen molar-refractivity contribution in [3.05, 3.63) is 54.1 Å². The summed E-state index contributed by atoms with van der Waals surface area (Å²) in [6, 6.07) is 10.8. The smallest absolute Gasteiger partial charge is 0.416 e. The van der Waals surface area contributed by atoms with Crippen molar-refractivity contribution in [1.82, 2.24) is 0 Å². The second kappa shape index (κ2) is 8.33. The minimum atomic E-state index is -4.53. The predicted molar refractivity (Wildman–Crippen MR) is 100 cm³/mol. The molecule has 8 heteroatoms. The fourth-order valence-electron chi connectivity index (χ4n) is 2.25. The van der Waals surface area contributed by atoms with E-state index in [-0.39, 0.29) is 5.69 Å². The monoisotopic (exact) mass is 394 g/mol. The maximum absolute atomic E-state index is 12.8. The van der Waals surface area contributed by atoms with Crippen molar-refractivity contribution in [2.24, 2.45) is 5.41 Å². The first-order chi connectivity index (χ1) is 13.0. The highest BCUT2D eigenvalue weighted by Crippen LogP contribution is 2.31. The van der Waals surface area contributed by atoms with Crippen LogP contribution < -0.4 is 15.4 Å². The van der Waals surface area contributed by atoms with Crippen LogP contribution in [0.3, 0.4) is 0 Å². The van der Waals surface area contributed by atoms with Crippen molar-refractivity contribution < 1.29 is 27.5 Å². The van der Waals surface area contributed by atoms with Crippen LogP contribution in [0.5, 0.6) is 5.75 Å². The van der Waals surface area contributed by atoms with Crippen LogP contribution in [0, 0.1) is 5.41 Å². The molecule has 0 aromatic heterocycles. The fourth-order valence-corrected chi connectivity index (χ4v) is 2.25. The van der Waals surface area contributed by atoms with E-state index in [0.29, 0.717) is 18.0 Å². The summed E-state index contributed by atoms with van der Waals surface area (Å²) < 4.78 is 43.7. The van der Waals surface area contributed by atoms with E-state index in [0.717, 1.165) is 12.1 Å². The molecule has 0 aliphatic heterocycles. The third-order valence-corrected chi connectivity index (χ3v) is 4.01. The van der Waals surface area contributed by atoms with E-state index in [2.05, 4.69) is 10.6 Å². The van der Waals surface area contributed by atoms with Crippen molar-refractivity contribution in [1.29, 1.82) is 0 Å². The van der Waals surface area contributed by atoms with Gasteiger partial charge in [-0.3, -0.25) is 9.59 Å². The van der Waals surface area contributed by atoms with E-state index in [4.69, 9.17) is 4.74 Å². The molecular weight excluding hydrogens is 373 g/mol. The van der Waals surface area contributed by atoms with Crippen molar-refractivity contribution in [2.75, 3.05) is 17.2 Å². The van der Waals surface area contributed by atoms with Crippen molar-refractivity contribution in [2.45, 2.75) is 26.9 Å². The SMILES string of the molecule is CCOc1ccc(NC(=O)C(C)(C)C(=O)Nc2cccc(C(F)(F)F)c2)cc1. The quantitative estimate of drug-likeness (QED) is 0.698. The van der Waals surface area contributed by atoms with Crippen LogP contribution in [0.1, 0.15) is 26.3 Å². The Labute approximate surface area is 160 Å². The first-order valence-corrected chi connectivity index (χ1v) is 8.57. The second-order valence-electron chi connectivity index (χ2n) is 6.57. The van der Waals surface area contributed by atoms with Crippen LogP contribution in [0.4, 0.5) is 24.5 Å². The molecule has 0 saturated heterocycles. The number of halogens is 3. The summed E-state index contributed by atoms with van der Waals surface area (Å²) in [5.41, 5.74) is -1.98. The number of rotatable bonds is 6. The molecule has 0 spiro atoms. The lowest BCUT2D eigenvalue weighted by molar-refractivity contribution is -0.138. The lowest BCUT2D eigenvalue weighted by atomic mass is 9.90. The largest absolute Gasteiger partial charge is 0.494 e. The third-order valence-electron chi connectivity index (χ3n) is 4.01. The molecular formula is C20H21F3N2O3. The van der Waals surface area contributed by atoms with Crippen LogP contribution in [-0.4, -0.2) is 18.4 Å². The van der Waals surface area contributed by atoms with Gasteiger partial charge in [-0.15, -0.1) is 0 Å². The minimum absolute atomic E-state index is 0.0400. The Morgan fingerprint density at radius 2 is 1.50 bits per heavy atom. The zero-order chi connectivity index (χ0) is 20.9. The number of carbonyl (C=O) groups excluding carboxylic acids is 2. The van der Waals surface area contributed by atoms with Crippen LogP contribution in [0.25, 0.3) is 0 Å². The van der Waals surface area contributed by atoms with E-state index in [1.807, 2.05) is 6.92 Å². The summed E-state index contributed by atoms with van der Waals surface area (Å²) in [5, 5.41) is 4.99. The molecule has 0 fully saturated rings. The van der Waals surface area contributed by atoms with E-state index in [1.165, 1.54) is 26.0 Å². The molecule has 2 rings (SSSR count). The highest BCUT2D eigenvalue weighted by molar-refractivity contribution is 6.14. The summed E-state index contributed by atoms with van der Waals surface area (Å²) in [4.78, 5) is 25.0. The molecule has 5 nitrogen and oxygen atoms in total. The average Bonchev–Trinajstić information content (AvgIpc) is 2.63. The molecule has 0 radical (unpaired) electrons. The number of carbonyl (C=O) groups is 2. The van der Waals surface area contributed by atoms with Gasteiger partial charge < -0.3 is 15.4 Å². The molecule has 2 N–H and O–H groups in total. The van der Waals surface area contributed by atoms with Crippen LogP contribution >= 0.6 is 0 Å². The molecule has 2 aromatic rings. The third kappa shape index (κ3) is 5.25. The first kappa shape index (κ1) is 21.3. The maximum Gasteiger partial charge on any atom is 0.416 e. The van der Waals surface area contributed by atoms with Gasteiger partial charge in [0.1, 0.15) is 11.2 Å². The molecule has 0 unspecified atom stereocenters. The van der Waals surface area contributed by atoms with Gasteiger partial charge in [0.25, 0.3) is 0 Å². The van der Waals surface area contributed by atoms with Gasteiger partial charge in [-0.1, -0.05) is 6.07 Å². The fraction of sp³-hybridized carbons (Fsp3) is 0.300. The highest BCUT2D eigenvalue weighted by atomic mass is 19.4. The lowest BCUT2D eigenvalue weighted by Crippen LogP contribution is -2.41. The van der Waals surface area contributed by atoms with E-state index < -0.39 is 29.0 Å². The number of ether oxygens (including phenoxy) is 1. The van der Waals surface area contributed by atoms with Crippen molar-refractivity contribution in [3.8, 4) is 5.75 Å². The number of hydrogen-bond donors (Lipinski definition) is 2. The molecule has 0 aliphatic rings. The molecule has 0 saturated carbocycles. The summed E-state index contributed by atoms with van der Waals surface area (Å²) in [6.07, 6.45) is -4.53. The van der Waals surface area contributed by atoms with E-state index in [9.17, 15) is 22.8 Å². The zero-order valence-corrected chi connectivity index (χ0v) is 15.7. The number of benzene rings is 2. The van der Waals surface area contributed by atoms with Gasteiger partial charge >= 0.3 is 6.18 Å². The highest BCUT2D eigenvalue weighted by Gasteiger charge is 2.37. The van der Waals surface area contributed by atoms with Gasteiger partial charge in [0.2, 0.25) is 11.8 Å². The first-order valence-electron chi connectivity index (χ1n) is 8.57.